The van der Waals surface area contributed by atoms with Crippen LogP contribution in [0.5, 0.6) is 0 Å². The highest BCUT2D eigenvalue weighted by Gasteiger charge is 2.62. The number of nitrogens with zero attached hydrogens (tertiary/aromatic N) is 1. The van der Waals surface area contributed by atoms with Gasteiger partial charge in [-0.25, -0.2) is 4.90 Å². The fourth-order valence-corrected chi connectivity index (χ4v) is 5.64. The SMILES string of the molecule is O=C1[C@H]2[C@H](C(=O)N1c1ccccc1)[C@@H]1C=C[C@@H]2C1=C(c1ccccc1)c1ccccc1. The zero-order chi connectivity index (χ0) is 20.9. The molecule has 31 heavy (non-hydrogen) atoms. The molecule has 3 nitrogen and oxygen atoms in total. The Kier molecular flexibility index (Phi) is 4.03. The van der Waals surface area contributed by atoms with Gasteiger partial charge in [-0.1, -0.05) is 91.0 Å². The Balaban J connectivity index is 1.50. The first-order valence-electron chi connectivity index (χ1n) is 10.7. The summed E-state index contributed by atoms with van der Waals surface area (Å²) in [4.78, 5) is 28.4. The predicted octanol–water partition coefficient (Wildman–Crippen LogP) is 5.11. The van der Waals surface area contributed by atoms with Gasteiger partial charge in [0.2, 0.25) is 11.8 Å². The quantitative estimate of drug-likeness (QED) is 0.450. The highest BCUT2D eigenvalue weighted by Crippen LogP contribution is 2.58. The maximum atomic E-state index is 13.5. The minimum absolute atomic E-state index is 0.0458. The van der Waals surface area contributed by atoms with Crippen LogP contribution in [0.15, 0.2) is 109 Å². The van der Waals surface area contributed by atoms with E-state index in [-0.39, 0.29) is 35.5 Å². The average molecular weight is 403 g/mol. The van der Waals surface area contributed by atoms with Gasteiger partial charge in [0, 0.05) is 11.8 Å². The van der Waals surface area contributed by atoms with E-state index in [1.165, 1.54) is 10.5 Å². The van der Waals surface area contributed by atoms with E-state index in [1.807, 2.05) is 66.7 Å². The number of anilines is 1. The number of fused-ring (bicyclic) bond motifs is 5. The van der Waals surface area contributed by atoms with Gasteiger partial charge in [-0.2, -0.15) is 0 Å². The molecule has 4 atom stereocenters. The second-order valence-corrected chi connectivity index (χ2v) is 8.40. The monoisotopic (exact) mass is 403 g/mol. The van der Waals surface area contributed by atoms with Gasteiger partial charge in [-0.15, -0.1) is 0 Å². The van der Waals surface area contributed by atoms with Gasteiger partial charge in [0.1, 0.15) is 0 Å². The van der Waals surface area contributed by atoms with Crippen LogP contribution < -0.4 is 4.90 Å². The predicted molar refractivity (Wildman–Crippen MR) is 121 cm³/mol. The van der Waals surface area contributed by atoms with E-state index in [9.17, 15) is 9.59 Å². The minimum atomic E-state index is -0.319. The molecule has 2 aliphatic carbocycles. The molecule has 3 aromatic carbocycles. The van der Waals surface area contributed by atoms with Crippen LogP contribution in [-0.4, -0.2) is 11.8 Å². The number of hydrogen-bond donors (Lipinski definition) is 0. The number of allylic oxidation sites excluding steroid dienone is 3. The highest BCUT2D eigenvalue weighted by atomic mass is 16.2. The van der Waals surface area contributed by atoms with Gasteiger partial charge in [0.25, 0.3) is 0 Å². The molecule has 2 bridgehead atoms. The molecule has 2 amide bonds. The molecule has 6 rings (SSSR count). The second-order valence-electron chi connectivity index (χ2n) is 8.40. The van der Waals surface area contributed by atoms with Gasteiger partial charge in [0.15, 0.2) is 0 Å². The van der Waals surface area contributed by atoms with Gasteiger partial charge >= 0.3 is 0 Å². The summed E-state index contributed by atoms with van der Waals surface area (Å²) in [5.74, 6) is -0.876. The molecule has 1 saturated heterocycles. The molecule has 150 valence electrons. The largest absolute Gasteiger partial charge is 0.274 e. The van der Waals surface area contributed by atoms with Crippen molar-refractivity contribution >= 4 is 23.1 Å². The molecular weight excluding hydrogens is 382 g/mol. The summed E-state index contributed by atoms with van der Waals surface area (Å²) < 4.78 is 0. The van der Waals surface area contributed by atoms with E-state index in [1.54, 1.807) is 0 Å². The third kappa shape index (κ3) is 2.59. The number of imide groups is 1. The standard InChI is InChI=1S/C28H21NO2/c30-27-25-21-16-17-22(26(25)28(31)29(27)20-14-8-3-9-15-20)24(21)23(18-10-4-1-5-11-18)19-12-6-2-7-13-19/h1-17,21-22,25-26H/t21-,22-,25-,26-/m1/s1. The Hall–Kier alpha value is -3.72. The molecule has 1 heterocycles. The summed E-state index contributed by atoms with van der Waals surface area (Å²) in [6.07, 6.45) is 4.29. The Morgan fingerprint density at radius 1 is 0.581 bits per heavy atom. The first-order chi connectivity index (χ1) is 15.3. The van der Waals surface area contributed by atoms with Gasteiger partial charge in [-0.05, 0) is 34.4 Å². The molecule has 0 radical (unpaired) electrons. The van der Waals surface area contributed by atoms with Gasteiger partial charge in [0.05, 0.1) is 17.5 Å². The maximum absolute atomic E-state index is 13.5. The fourth-order valence-electron chi connectivity index (χ4n) is 5.64. The van der Waals surface area contributed by atoms with Crippen LogP contribution in [0.4, 0.5) is 5.69 Å². The Morgan fingerprint density at radius 3 is 1.45 bits per heavy atom. The van der Waals surface area contributed by atoms with Crippen LogP contribution >= 0.6 is 0 Å². The summed E-state index contributed by atoms with van der Waals surface area (Å²) in [5.41, 5.74) is 5.29. The van der Waals surface area contributed by atoms with E-state index in [2.05, 4.69) is 36.4 Å². The lowest BCUT2D eigenvalue weighted by atomic mass is 9.85. The molecule has 0 unspecified atom stereocenters. The van der Waals surface area contributed by atoms with Crippen molar-refractivity contribution < 1.29 is 9.59 Å². The topological polar surface area (TPSA) is 37.4 Å². The average Bonchev–Trinajstić information content (AvgIpc) is 3.45. The Morgan fingerprint density at radius 2 is 1.00 bits per heavy atom. The molecule has 3 aliphatic rings. The van der Waals surface area contributed by atoms with Crippen LogP contribution in [-0.2, 0) is 9.59 Å². The second kappa shape index (κ2) is 6.92. The number of para-hydroxylation sites is 1. The number of amides is 2. The van der Waals surface area contributed by atoms with Crippen LogP contribution in [0.3, 0.4) is 0 Å². The molecule has 0 spiro atoms. The van der Waals surface area contributed by atoms with Crippen molar-refractivity contribution in [2.75, 3.05) is 4.90 Å². The van der Waals surface area contributed by atoms with Crippen molar-refractivity contribution in [2.24, 2.45) is 23.7 Å². The van der Waals surface area contributed by atoms with E-state index in [0.29, 0.717) is 5.69 Å². The molecule has 2 fully saturated rings. The zero-order valence-corrected chi connectivity index (χ0v) is 16.9. The van der Waals surface area contributed by atoms with Crippen molar-refractivity contribution in [1.82, 2.24) is 0 Å². The smallest absolute Gasteiger partial charge is 0.238 e. The zero-order valence-electron chi connectivity index (χ0n) is 16.9. The van der Waals surface area contributed by atoms with Crippen molar-refractivity contribution in [3.8, 4) is 0 Å². The summed E-state index contributed by atoms with van der Waals surface area (Å²) in [6, 6.07) is 29.9. The van der Waals surface area contributed by atoms with Crippen molar-refractivity contribution in [3.63, 3.8) is 0 Å². The van der Waals surface area contributed by atoms with Crippen LogP contribution in [0.1, 0.15) is 11.1 Å². The highest BCUT2D eigenvalue weighted by molar-refractivity contribution is 6.23. The maximum Gasteiger partial charge on any atom is 0.238 e. The van der Waals surface area contributed by atoms with Crippen LogP contribution in [0.2, 0.25) is 0 Å². The molecule has 3 heteroatoms. The Labute approximate surface area is 181 Å². The summed E-state index contributed by atoms with van der Waals surface area (Å²) in [5, 5.41) is 0. The molecule has 1 saturated carbocycles. The molecule has 0 aromatic heterocycles. The molecule has 0 N–H and O–H groups in total. The number of carbonyl (C=O) groups is 2. The normalized spacial score (nSPS) is 25.9. The lowest BCUT2D eigenvalue weighted by Crippen LogP contribution is -2.33. The van der Waals surface area contributed by atoms with Crippen LogP contribution in [0, 0.1) is 23.7 Å². The minimum Gasteiger partial charge on any atom is -0.274 e. The van der Waals surface area contributed by atoms with E-state index >= 15 is 0 Å². The van der Waals surface area contributed by atoms with Crippen molar-refractivity contribution in [2.45, 2.75) is 0 Å². The molecule has 1 aliphatic heterocycles. The van der Waals surface area contributed by atoms with Crippen molar-refractivity contribution in [1.29, 1.82) is 0 Å². The third-order valence-corrected chi connectivity index (χ3v) is 6.84. The lowest BCUT2D eigenvalue weighted by Gasteiger charge is -2.21. The summed E-state index contributed by atoms with van der Waals surface area (Å²) >= 11 is 0. The van der Waals surface area contributed by atoms with Gasteiger partial charge in [-0.3, -0.25) is 9.59 Å². The lowest BCUT2D eigenvalue weighted by molar-refractivity contribution is -0.122. The third-order valence-electron chi connectivity index (χ3n) is 6.84. The molecule has 3 aromatic rings. The number of benzene rings is 3. The summed E-state index contributed by atoms with van der Waals surface area (Å²) in [6.45, 7) is 0. The first-order valence-corrected chi connectivity index (χ1v) is 10.7. The number of hydrogen-bond acceptors (Lipinski definition) is 2. The molecular formula is C28H21NO2. The van der Waals surface area contributed by atoms with E-state index in [4.69, 9.17) is 0 Å². The summed E-state index contributed by atoms with van der Waals surface area (Å²) in [7, 11) is 0. The first kappa shape index (κ1) is 18.1. The van der Waals surface area contributed by atoms with E-state index < -0.39 is 0 Å². The van der Waals surface area contributed by atoms with E-state index in [0.717, 1.165) is 16.7 Å². The van der Waals surface area contributed by atoms with Gasteiger partial charge < -0.3 is 0 Å². The number of rotatable bonds is 3. The van der Waals surface area contributed by atoms with Crippen molar-refractivity contribution in [3.05, 3.63) is 120 Å². The Bertz CT molecular complexity index is 1150. The number of carbonyl (C=O) groups excluding carboxylic acids is 2. The van der Waals surface area contributed by atoms with Crippen LogP contribution in [0.25, 0.3) is 5.57 Å². The fraction of sp³-hybridized carbons (Fsp3) is 0.143.